The normalized spacial score (nSPS) is 16.3. The highest BCUT2D eigenvalue weighted by Gasteiger charge is 2.18. The summed E-state index contributed by atoms with van der Waals surface area (Å²) in [7, 11) is -2.32. The minimum Gasteiger partial charge on any atom is -0.382 e. The van der Waals surface area contributed by atoms with Crippen LogP contribution in [0.2, 0.25) is 0 Å². The van der Waals surface area contributed by atoms with Gasteiger partial charge in [0.1, 0.15) is 0 Å². The summed E-state index contributed by atoms with van der Waals surface area (Å²) in [6.45, 7) is 2.10. The zero-order valence-electron chi connectivity index (χ0n) is 6.65. The summed E-state index contributed by atoms with van der Waals surface area (Å²) in [4.78, 5) is 8.80. The monoisotopic (exact) mass is 184 g/mol. The third-order valence-corrected chi connectivity index (χ3v) is 1.93. The molecule has 0 aliphatic carbocycles. The number of hydrogen-bond acceptors (Lipinski definition) is 4. The molecule has 0 rings (SSSR count). The molecule has 0 aromatic heterocycles. The van der Waals surface area contributed by atoms with Crippen molar-refractivity contribution >= 4 is 7.82 Å². The Morgan fingerprint density at radius 1 is 1.36 bits per heavy atom. The molecule has 0 bridgehead atoms. The second kappa shape index (κ2) is 5.69. The molecule has 0 aliphatic heterocycles. The molecule has 0 aliphatic rings. The lowest BCUT2D eigenvalue weighted by Crippen LogP contribution is -2.01. The van der Waals surface area contributed by atoms with E-state index >= 15 is 0 Å². The van der Waals surface area contributed by atoms with Crippen LogP contribution in [-0.4, -0.2) is 31.8 Å². The van der Waals surface area contributed by atoms with Crippen LogP contribution in [0.3, 0.4) is 0 Å². The molecule has 0 radical (unpaired) electrons. The first-order valence-corrected chi connectivity index (χ1v) is 4.72. The van der Waals surface area contributed by atoms with Gasteiger partial charge in [-0.3, -0.25) is 9.05 Å². The van der Waals surface area contributed by atoms with E-state index in [4.69, 9.17) is 4.89 Å². The lowest BCUT2D eigenvalue weighted by molar-refractivity contribution is 0.105. The van der Waals surface area contributed by atoms with Gasteiger partial charge in [-0.1, -0.05) is 0 Å². The first kappa shape index (κ1) is 11.1. The van der Waals surface area contributed by atoms with Crippen LogP contribution in [0.25, 0.3) is 0 Å². The summed E-state index contributed by atoms with van der Waals surface area (Å²) in [6, 6.07) is 0. The maximum absolute atomic E-state index is 10.7. The number of methoxy groups -OCH3 is 1. The number of rotatable bonds is 6. The number of hydrogen-bond donors (Lipinski definition) is 1. The number of phosphoric acid groups is 1. The van der Waals surface area contributed by atoms with E-state index in [0.29, 0.717) is 0 Å². The minimum atomic E-state index is -3.80. The third kappa shape index (κ3) is 6.47. The Hall–Kier alpha value is 0.0700. The minimum absolute atomic E-state index is 0.0598. The fraction of sp³-hybridized carbons (Fsp3) is 1.00. The molecule has 5 nitrogen and oxygen atoms in total. The highest BCUT2D eigenvalue weighted by Crippen LogP contribution is 2.42. The van der Waals surface area contributed by atoms with Crippen LogP contribution in [0.4, 0.5) is 0 Å². The summed E-state index contributed by atoms with van der Waals surface area (Å²) in [5.41, 5.74) is 0. The summed E-state index contributed by atoms with van der Waals surface area (Å²) in [5.74, 6) is 0. The summed E-state index contributed by atoms with van der Waals surface area (Å²) < 4.78 is 24.2. The zero-order chi connectivity index (χ0) is 8.74. The van der Waals surface area contributed by atoms with Gasteiger partial charge in [-0.25, -0.2) is 4.57 Å². The molecule has 0 saturated heterocycles. The van der Waals surface area contributed by atoms with Gasteiger partial charge in [-0.15, -0.1) is 0 Å². The Labute approximate surface area is 65.9 Å². The van der Waals surface area contributed by atoms with Crippen LogP contribution in [0.5, 0.6) is 0 Å². The molecule has 0 amide bonds. The average molecular weight is 184 g/mol. The van der Waals surface area contributed by atoms with Gasteiger partial charge in [0.2, 0.25) is 0 Å². The van der Waals surface area contributed by atoms with Crippen molar-refractivity contribution in [2.45, 2.75) is 6.92 Å². The predicted molar refractivity (Wildman–Crippen MR) is 39.3 cm³/mol. The Morgan fingerprint density at radius 2 is 2.00 bits per heavy atom. The molecule has 0 fully saturated rings. The van der Waals surface area contributed by atoms with Crippen molar-refractivity contribution < 1.29 is 23.2 Å². The Bertz CT molecular complexity index is 137. The van der Waals surface area contributed by atoms with Crippen molar-refractivity contribution in [3.05, 3.63) is 0 Å². The SMILES string of the molecule is CCOP(=O)(O)OCCOC. The topological polar surface area (TPSA) is 65.0 Å². The molecular formula is C5H13O5P. The van der Waals surface area contributed by atoms with Gasteiger partial charge in [0.15, 0.2) is 0 Å². The van der Waals surface area contributed by atoms with E-state index in [-0.39, 0.29) is 19.8 Å². The number of ether oxygens (including phenoxy) is 1. The van der Waals surface area contributed by atoms with Gasteiger partial charge in [0.25, 0.3) is 0 Å². The molecule has 6 heteroatoms. The third-order valence-electron chi connectivity index (χ3n) is 0.834. The van der Waals surface area contributed by atoms with E-state index in [2.05, 4.69) is 13.8 Å². The molecular weight excluding hydrogens is 171 g/mol. The van der Waals surface area contributed by atoms with E-state index in [1.54, 1.807) is 6.92 Å². The van der Waals surface area contributed by atoms with E-state index in [9.17, 15) is 4.57 Å². The lowest BCUT2D eigenvalue weighted by Gasteiger charge is -2.09. The van der Waals surface area contributed by atoms with Crippen molar-refractivity contribution in [1.29, 1.82) is 0 Å². The standard InChI is InChI=1S/C5H13O5P/c1-3-9-11(6,7)10-5-4-8-2/h3-5H2,1-2H3,(H,6,7). The largest absolute Gasteiger partial charge is 0.472 e. The summed E-state index contributed by atoms with van der Waals surface area (Å²) in [6.07, 6.45) is 0. The Kier molecular flexibility index (Phi) is 5.72. The second-order valence-electron chi connectivity index (χ2n) is 1.71. The average Bonchev–Trinajstić information content (AvgIpc) is 1.87. The fourth-order valence-electron chi connectivity index (χ4n) is 0.436. The smallest absolute Gasteiger partial charge is 0.382 e. The molecule has 0 heterocycles. The first-order chi connectivity index (χ1) is 5.12. The molecule has 1 N–H and O–H groups in total. The van der Waals surface area contributed by atoms with E-state index < -0.39 is 7.82 Å². The quantitative estimate of drug-likeness (QED) is 0.488. The highest BCUT2D eigenvalue weighted by atomic mass is 31.2. The highest BCUT2D eigenvalue weighted by molar-refractivity contribution is 7.47. The second-order valence-corrected chi connectivity index (χ2v) is 3.17. The molecule has 11 heavy (non-hydrogen) atoms. The van der Waals surface area contributed by atoms with E-state index in [1.165, 1.54) is 7.11 Å². The van der Waals surface area contributed by atoms with Crippen LogP contribution in [0.1, 0.15) is 6.92 Å². The van der Waals surface area contributed by atoms with Crippen molar-refractivity contribution in [2.75, 3.05) is 26.9 Å². The van der Waals surface area contributed by atoms with E-state index in [0.717, 1.165) is 0 Å². The molecule has 68 valence electrons. The maximum Gasteiger partial charge on any atom is 0.472 e. The maximum atomic E-state index is 10.7. The molecule has 0 aromatic rings. The van der Waals surface area contributed by atoms with Gasteiger partial charge in [-0.05, 0) is 6.92 Å². The van der Waals surface area contributed by atoms with Crippen molar-refractivity contribution in [2.24, 2.45) is 0 Å². The van der Waals surface area contributed by atoms with Crippen LogP contribution in [0, 0.1) is 0 Å². The predicted octanol–water partition coefficient (Wildman–Crippen LogP) is 0.786. The molecule has 1 unspecified atom stereocenters. The Balaban J connectivity index is 3.47. The molecule has 0 spiro atoms. The zero-order valence-corrected chi connectivity index (χ0v) is 7.54. The van der Waals surface area contributed by atoms with Gasteiger partial charge in [-0.2, -0.15) is 0 Å². The van der Waals surface area contributed by atoms with Crippen LogP contribution >= 0.6 is 7.82 Å². The van der Waals surface area contributed by atoms with Crippen molar-refractivity contribution in [3.63, 3.8) is 0 Å². The molecule has 0 aromatic carbocycles. The van der Waals surface area contributed by atoms with Crippen molar-refractivity contribution in [3.8, 4) is 0 Å². The van der Waals surface area contributed by atoms with Gasteiger partial charge < -0.3 is 9.63 Å². The summed E-state index contributed by atoms with van der Waals surface area (Å²) in [5, 5.41) is 0. The molecule has 1 atom stereocenters. The van der Waals surface area contributed by atoms with Gasteiger partial charge >= 0.3 is 7.82 Å². The van der Waals surface area contributed by atoms with E-state index in [1.807, 2.05) is 0 Å². The van der Waals surface area contributed by atoms with Crippen LogP contribution < -0.4 is 0 Å². The first-order valence-electron chi connectivity index (χ1n) is 3.23. The van der Waals surface area contributed by atoms with Crippen LogP contribution in [-0.2, 0) is 18.3 Å². The lowest BCUT2D eigenvalue weighted by atomic mass is 10.8. The molecule has 0 saturated carbocycles. The Morgan fingerprint density at radius 3 is 2.45 bits per heavy atom. The fourth-order valence-corrected chi connectivity index (χ4v) is 1.14. The summed E-state index contributed by atoms with van der Waals surface area (Å²) >= 11 is 0. The number of phosphoric ester groups is 1. The van der Waals surface area contributed by atoms with Crippen molar-refractivity contribution in [1.82, 2.24) is 0 Å². The van der Waals surface area contributed by atoms with Gasteiger partial charge in [0.05, 0.1) is 19.8 Å². The van der Waals surface area contributed by atoms with Gasteiger partial charge in [0, 0.05) is 7.11 Å². The van der Waals surface area contributed by atoms with Crippen LogP contribution in [0.15, 0.2) is 0 Å².